The van der Waals surface area contributed by atoms with Crippen molar-refractivity contribution in [2.24, 2.45) is 5.92 Å². The molecule has 0 spiro atoms. The molecule has 0 aromatic carbocycles. The summed E-state index contributed by atoms with van der Waals surface area (Å²) in [5.41, 5.74) is 1.51. The van der Waals surface area contributed by atoms with Crippen LogP contribution in [0.15, 0.2) is 16.2 Å². The fourth-order valence-corrected chi connectivity index (χ4v) is 3.24. The SMILES string of the molecule is O=c1cc(CCl)nc2scc(C3CC3CO)n12. The quantitative estimate of drug-likeness (QED) is 0.862. The highest BCUT2D eigenvalue weighted by molar-refractivity contribution is 7.15. The number of halogens is 1. The molecule has 3 rings (SSSR count). The molecular formula is C11H11ClN2O2S. The maximum atomic E-state index is 12.0. The van der Waals surface area contributed by atoms with Crippen molar-refractivity contribution in [2.75, 3.05) is 6.61 Å². The molecule has 1 N–H and O–H groups in total. The molecular weight excluding hydrogens is 260 g/mol. The zero-order chi connectivity index (χ0) is 12.0. The van der Waals surface area contributed by atoms with Crippen molar-refractivity contribution in [3.8, 4) is 0 Å². The van der Waals surface area contributed by atoms with Crippen molar-refractivity contribution in [3.05, 3.63) is 33.2 Å². The summed E-state index contributed by atoms with van der Waals surface area (Å²) in [5, 5.41) is 11.0. The summed E-state index contributed by atoms with van der Waals surface area (Å²) in [6, 6.07) is 1.48. The van der Waals surface area contributed by atoms with Crippen LogP contribution in [-0.4, -0.2) is 21.1 Å². The smallest absolute Gasteiger partial charge is 0.259 e. The lowest BCUT2D eigenvalue weighted by Gasteiger charge is -2.00. The molecule has 0 aliphatic heterocycles. The number of alkyl halides is 1. The molecule has 1 aliphatic rings. The van der Waals surface area contributed by atoms with Crippen LogP contribution in [-0.2, 0) is 5.88 Å². The molecule has 17 heavy (non-hydrogen) atoms. The third kappa shape index (κ3) is 1.78. The Kier molecular flexibility index (Phi) is 2.69. The van der Waals surface area contributed by atoms with Gasteiger partial charge in [0.25, 0.3) is 5.56 Å². The number of aliphatic hydroxyl groups excluding tert-OH is 1. The molecule has 2 heterocycles. The van der Waals surface area contributed by atoms with E-state index in [9.17, 15) is 4.79 Å². The summed E-state index contributed by atoms with van der Waals surface area (Å²) in [4.78, 5) is 17.0. The van der Waals surface area contributed by atoms with Gasteiger partial charge in [0.1, 0.15) is 0 Å². The van der Waals surface area contributed by atoms with Gasteiger partial charge in [-0.25, -0.2) is 4.98 Å². The van der Waals surface area contributed by atoms with E-state index in [0.29, 0.717) is 22.5 Å². The Hall–Kier alpha value is -0.910. The van der Waals surface area contributed by atoms with Gasteiger partial charge in [-0.3, -0.25) is 9.20 Å². The first-order chi connectivity index (χ1) is 8.24. The fourth-order valence-electron chi connectivity index (χ4n) is 2.12. The van der Waals surface area contributed by atoms with Gasteiger partial charge in [-0.05, 0) is 12.3 Å². The Morgan fingerprint density at radius 1 is 1.65 bits per heavy atom. The summed E-state index contributed by atoms with van der Waals surface area (Å²) in [7, 11) is 0. The van der Waals surface area contributed by atoms with E-state index in [1.54, 1.807) is 4.40 Å². The van der Waals surface area contributed by atoms with E-state index in [0.717, 1.165) is 12.1 Å². The predicted molar refractivity (Wildman–Crippen MR) is 66.8 cm³/mol. The average molecular weight is 271 g/mol. The molecule has 90 valence electrons. The first-order valence-electron chi connectivity index (χ1n) is 5.41. The van der Waals surface area contributed by atoms with Crippen LogP contribution in [0.5, 0.6) is 0 Å². The second-order valence-corrected chi connectivity index (χ2v) is 5.39. The van der Waals surface area contributed by atoms with E-state index in [4.69, 9.17) is 16.7 Å². The highest BCUT2D eigenvalue weighted by Gasteiger charge is 2.39. The van der Waals surface area contributed by atoms with Crippen molar-refractivity contribution in [2.45, 2.75) is 18.2 Å². The van der Waals surface area contributed by atoms with Gasteiger partial charge in [0.05, 0.1) is 11.6 Å². The standard InChI is InChI=1S/C11H11ClN2O2S/c12-3-7-2-10(16)14-9(5-17-11(14)13-7)8-1-6(8)4-15/h2,5-6,8,15H,1,3-4H2. The van der Waals surface area contributed by atoms with Crippen molar-refractivity contribution in [3.63, 3.8) is 0 Å². The van der Waals surface area contributed by atoms with Crippen molar-refractivity contribution >= 4 is 27.9 Å². The van der Waals surface area contributed by atoms with Crippen LogP contribution in [0.2, 0.25) is 0 Å². The van der Waals surface area contributed by atoms with Gasteiger partial charge in [-0.1, -0.05) is 0 Å². The molecule has 0 saturated heterocycles. The summed E-state index contributed by atoms with van der Waals surface area (Å²) in [6.07, 6.45) is 0.950. The molecule has 0 amide bonds. The summed E-state index contributed by atoms with van der Waals surface area (Å²) in [6.45, 7) is 0.184. The van der Waals surface area contributed by atoms with Crippen LogP contribution < -0.4 is 5.56 Å². The highest BCUT2D eigenvalue weighted by atomic mass is 35.5. The number of thiazole rings is 1. The zero-order valence-corrected chi connectivity index (χ0v) is 10.5. The average Bonchev–Trinajstić information content (AvgIpc) is 3.00. The number of aliphatic hydroxyl groups is 1. The van der Waals surface area contributed by atoms with Crippen molar-refractivity contribution < 1.29 is 5.11 Å². The predicted octanol–water partition coefficient (Wildman–Crippen LogP) is 1.59. The minimum absolute atomic E-state index is 0.0783. The molecule has 2 atom stereocenters. The van der Waals surface area contributed by atoms with E-state index in [1.165, 1.54) is 17.4 Å². The lowest BCUT2D eigenvalue weighted by molar-refractivity contribution is 0.273. The van der Waals surface area contributed by atoms with Gasteiger partial charge in [0.2, 0.25) is 0 Å². The normalized spacial score (nSPS) is 23.2. The molecule has 1 aliphatic carbocycles. The van der Waals surface area contributed by atoms with Crippen molar-refractivity contribution in [1.29, 1.82) is 0 Å². The van der Waals surface area contributed by atoms with E-state index in [1.807, 2.05) is 5.38 Å². The third-order valence-corrected chi connectivity index (χ3v) is 4.28. The summed E-state index contributed by atoms with van der Waals surface area (Å²) in [5.74, 6) is 0.851. The lowest BCUT2D eigenvalue weighted by atomic mass is 10.2. The minimum Gasteiger partial charge on any atom is -0.396 e. The molecule has 0 bridgehead atoms. The van der Waals surface area contributed by atoms with Crippen molar-refractivity contribution in [1.82, 2.24) is 9.38 Å². The highest BCUT2D eigenvalue weighted by Crippen LogP contribution is 2.47. The number of aromatic nitrogens is 2. The molecule has 6 heteroatoms. The maximum Gasteiger partial charge on any atom is 0.259 e. The topological polar surface area (TPSA) is 54.6 Å². The number of rotatable bonds is 3. The van der Waals surface area contributed by atoms with Crippen LogP contribution in [0.25, 0.3) is 4.96 Å². The number of nitrogens with zero attached hydrogens (tertiary/aromatic N) is 2. The first-order valence-corrected chi connectivity index (χ1v) is 6.83. The van der Waals surface area contributed by atoms with E-state index in [2.05, 4.69) is 4.98 Å². The Labute approximate surface area is 106 Å². The van der Waals surface area contributed by atoms with Gasteiger partial charge in [0.15, 0.2) is 4.96 Å². The van der Waals surface area contributed by atoms with Crippen LogP contribution in [0.3, 0.4) is 0 Å². The van der Waals surface area contributed by atoms with Gasteiger partial charge in [-0.15, -0.1) is 22.9 Å². The largest absolute Gasteiger partial charge is 0.396 e. The monoisotopic (exact) mass is 270 g/mol. The fraction of sp³-hybridized carbons (Fsp3) is 0.455. The Bertz CT molecular complexity index is 621. The van der Waals surface area contributed by atoms with Crippen LogP contribution in [0, 0.1) is 5.92 Å². The minimum atomic E-state index is -0.0783. The molecule has 1 saturated carbocycles. The van der Waals surface area contributed by atoms with E-state index < -0.39 is 0 Å². The number of hydrogen-bond donors (Lipinski definition) is 1. The van der Waals surface area contributed by atoms with Gasteiger partial charge in [0, 0.05) is 29.7 Å². The van der Waals surface area contributed by atoms with Gasteiger partial charge in [-0.2, -0.15) is 0 Å². The van der Waals surface area contributed by atoms with Crippen LogP contribution >= 0.6 is 22.9 Å². The summed E-state index contributed by atoms with van der Waals surface area (Å²) < 4.78 is 1.64. The molecule has 1 fully saturated rings. The van der Waals surface area contributed by atoms with Gasteiger partial charge >= 0.3 is 0 Å². The first kappa shape index (κ1) is 11.2. The molecule has 2 aromatic heterocycles. The molecule has 2 aromatic rings. The Morgan fingerprint density at radius 3 is 3.12 bits per heavy atom. The summed E-state index contributed by atoms with van der Waals surface area (Å²) >= 11 is 7.14. The number of fused-ring (bicyclic) bond motifs is 1. The maximum absolute atomic E-state index is 12.0. The molecule has 2 unspecified atom stereocenters. The Morgan fingerprint density at radius 2 is 2.47 bits per heavy atom. The van der Waals surface area contributed by atoms with E-state index >= 15 is 0 Å². The molecule has 0 radical (unpaired) electrons. The Balaban J connectivity index is 2.13. The van der Waals surface area contributed by atoms with E-state index in [-0.39, 0.29) is 18.0 Å². The number of hydrogen-bond acceptors (Lipinski definition) is 4. The molecule has 4 nitrogen and oxygen atoms in total. The van der Waals surface area contributed by atoms with Gasteiger partial charge < -0.3 is 5.11 Å². The van der Waals surface area contributed by atoms with Crippen LogP contribution in [0.4, 0.5) is 0 Å². The second kappa shape index (κ2) is 4.08. The second-order valence-electron chi connectivity index (χ2n) is 4.28. The lowest BCUT2D eigenvalue weighted by Crippen LogP contribution is -2.15. The van der Waals surface area contributed by atoms with Crippen LogP contribution in [0.1, 0.15) is 23.7 Å². The zero-order valence-electron chi connectivity index (χ0n) is 8.97. The third-order valence-electron chi connectivity index (χ3n) is 3.16.